The van der Waals surface area contributed by atoms with Crippen molar-refractivity contribution in [1.29, 1.82) is 0 Å². The molecule has 0 spiro atoms. The molecular formula is C8H12NO4P. The Hall–Kier alpha value is -0.860. The number of hydrogen-bond donors (Lipinski definition) is 2. The summed E-state index contributed by atoms with van der Waals surface area (Å²) < 4.78 is 15.2. The number of carbonyl (C=O) groups is 1. The van der Waals surface area contributed by atoms with Crippen LogP contribution >= 0.6 is 7.92 Å². The molecule has 1 atom stereocenters. The maximum absolute atomic E-state index is 10.4. The number of ether oxygens (including phenoxy) is 1. The minimum absolute atomic E-state index is 0.159. The summed E-state index contributed by atoms with van der Waals surface area (Å²) in [5, 5.41) is 8.51. The van der Waals surface area contributed by atoms with Crippen molar-refractivity contribution in [3.63, 3.8) is 0 Å². The number of nitrogens with two attached hydrogens (primary N) is 1. The Balaban J connectivity index is 4.52. The van der Waals surface area contributed by atoms with Gasteiger partial charge in [0.25, 0.3) is 0 Å². The van der Waals surface area contributed by atoms with Gasteiger partial charge in [0.15, 0.2) is 0 Å². The first-order valence-electron chi connectivity index (χ1n) is 3.97. The molecule has 3 N–H and O–H groups in total. The number of hydrogen-bond acceptors (Lipinski definition) is 4. The Morgan fingerprint density at radius 3 is 2.86 bits per heavy atom. The number of aliphatic carboxylic acids is 1. The Bertz CT molecular complexity index is 319. The molecule has 0 rings (SSSR count). The van der Waals surface area contributed by atoms with Crippen molar-refractivity contribution in [3.8, 4) is 5.63 Å². The van der Waals surface area contributed by atoms with Crippen molar-refractivity contribution >= 4 is 13.9 Å². The summed E-state index contributed by atoms with van der Waals surface area (Å²) in [7, 11) is -0.319. The molecule has 0 saturated carbocycles. The van der Waals surface area contributed by atoms with Crippen LogP contribution in [0, 0.1) is 5.63 Å². The first-order chi connectivity index (χ1) is 6.61. The Kier molecular flexibility index (Phi) is 7.07. The normalized spacial score (nSPS) is 13.1. The molecule has 0 amide bonds. The summed E-state index contributed by atoms with van der Waals surface area (Å²) in [6, 6.07) is -1.13. The first kappa shape index (κ1) is 13.1. The number of rotatable bonds is 5. The average Bonchev–Trinajstić information content (AvgIpc) is 2.14. The molecule has 0 heterocycles. The molecule has 0 aliphatic rings. The summed E-state index contributed by atoms with van der Waals surface area (Å²) in [6.45, 7) is 2.44. The molecule has 0 saturated heterocycles. The van der Waals surface area contributed by atoms with Crippen LogP contribution in [0.1, 0.15) is 6.92 Å². The molecule has 0 aromatic rings. The third kappa shape index (κ3) is 5.73. The van der Waals surface area contributed by atoms with Crippen LogP contribution in [-0.2, 0) is 14.1 Å². The van der Waals surface area contributed by atoms with E-state index in [1.165, 1.54) is 6.08 Å². The Morgan fingerprint density at radius 1 is 1.79 bits per heavy atom. The molecule has 0 fully saturated rings. The second-order valence-electron chi connectivity index (χ2n) is 2.40. The molecule has 0 aromatic carbocycles. The van der Waals surface area contributed by atoms with Gasteiger partial charge in [-0.05, 0) is 0 Å². The van der Waals surface area contributed by atoms with Gasteiger partial charge in [-0.1, -0.05) is 0 Å². The predicted molar refractivity (Wildman–Crippen MR) is 51.7 cm³/mol. The van der Waals surface area contributed by atoms with Crippen LogP contribution in [0.15, 0.2) is 11.6 Å². The van der Waals surface area contributed by atoms with Gasteiger partial charge in [0.1, 0.15) is 0 Å². The van der Waals surface area contributed by atoms with Gasteiger partial charge in [-0.25, -0.2) is 0 Å². The zero-order valence-electron chi connectivity index (χ0n) is 7.77. The summed E-state index contributed by atoms with van der Waals surface area (Å²) in [5.41, 5.74) is 8.04. The molecule has 0 radical (unpaired) electrons. The van der Waals surface area contributed by atoms with Gasteiger partial charge in [-0.3, -0.25) is 0 Å². The topological polar surface area (TPSA) is 89.6 Å². The van der Waals surface area contributed by atoms with Gasteiger partial charge in [0, 0.05) is 0 Å². The molecular weight excluding hydrogens is 205 g/mol. The van der Waals surface area contributed by atoms with Crippen LogP contribution in [0.2, 0.25) is 0 Å². The van der Waals surface area contributed by atoms with Crippen LogP contribution < -0.4 is 5.73 Å². The van der Waals surface area contributed by atoms with Crippen LogP contribution in [0.5, 0.6) is 0 Å². The molecule has 5 nitrogen and oxygen atoms in total. The fourth-order valence-corrected chi connectivity index (χ4v) is 0.933. The van der Waals surface area contributed by atoms with Gasteiger partial charge in [-0.2, -0.15) is 0 Å². The third-order valence-electron chi connectivity index (χ3n) is 1.32. The standard InChI is InChI=1S/C8H12NO4P/c1-2-13-4-6(5-14-12)3-7(9)8(10)11/h3,7H,2,4,9H2,1H3,(H,10,11). The van der Waals surface area contributed by atoms with Gasteiger partial charge in [0.2, 0.25) is 0 Å². The van der Waals surface area contributed by atoms with E-state index in [0.29, 0.717) is 12.2 Å². The first-order valence-corrected chi connectivity index (χ1v) is 4.78. The van der Waals surface area contributed by atoms with Gasteiger partial charge >= 0.3 is 82.3 Å². The molecule has 0 aromatic heterocycles. The van der Waals surface area contributed by atoms with Gasteiger partial charge in [-0.15, -0.1) is 0 Å². The fraction of sp³-hybridized carbons (Fsp3) is 0.500. The zero-order valence-corrected chi connectivity index (χ0v) is 8.66. The molecule has 6 heteroatoms. The second-order valence-corrected chi connectivity index (χ2v) is 2.80. The quantitative estimate of drug-likeness (QED) is 0.658. The summed E-state index contributed by atoms with van der Waals surface area (Å²) in [6.07, 6.45) is 1.25. The second kappa shape index (κ2) is 7.54. The fourth-order valence-electron chi connectivity index (χ4n) is 0.676. The van der Waals surface area contributed by atoms with E-state index in [0.717, 1.165) is 0 Å². The van der Waals surface area contributed by atoms with E-state index in [4.69, 9.17) is 15.6 Å². The van der Waals surface area contributed by atoms with Crippen molar-refractivity contribution in [2.75, 3.05) is 13.2 Å². The predicted octanol–water partition coefficient (Wildman–Crippen LogP) is 0.612. The Morgan fingerprint density at radius 2 is 2.43 bits per heavy atom. The van der Waals surface area contributed by atoms with Gasteiger partial charge in [0.05, 0.1) is 0 Å². The maximum atomic E-state index is 10.4. The van der Waals surface area contributed by atoms with E-state index < -0.39 is 12.0 Å². The number of carboxylic acid groups (broad SMARTS) is 1. The molecule has 14 heavy (non-hydrogen) atoms. The van der Waals surface area contributed by atoms with E-state index in [9.17, 15) is 9.36 Å². The van der Waals surface area contributed by atoms with E-state index in [-0.39, 0.29) is 14.5 Å². The summed E-state index contributed by atoms with van der Waals surface area (Å²) in [5.74, 6) is -1.15. The SMILES string of the molecule is CCOCC(C#P=O)=CC(N)C(=O)O. The van der Waals surface area contributed by atoms with Gasteiger partial charge < -0.3 is 0 Å². The average molecular weight is 217 g/mol. The van der Waals surface area contributed by atoms with Crippen LogP contribution in [0.4, 0.5) is 0 Å². The van der Waals surface area contributed by atoms with Crippen molar-refractivity contribution in [2.45, 2.75) is 13.0 Å². The van der Waals surface area contributed by atoms with Crippen molar-refractivity contribution in [1.82, 2.24) is 0 Å². The minimum atomic E-state index is -1.15. The van der Waals surface area contributed by atoms with Crippen LogP contribution in [0.3, 0.4) is 0 Å². The molecule has 0 bridgehead atoms. The molecule has 0 aliphatic carbocycles. The summed E-state index contributed by atoms with van der Waals surface area (Å²) >= 11 is 0. The monoisotopic (exact) mass is 217 g/mol. The van der Waals surface area contributed by atoms with Crippen LogP contribution in [0.25, 0.3) is 0 Å². The zero-order chi connectivity index (χ0) is 11.0. The summed E-state index contributed by atoms with van der Waals surface area (Å²) in [4.78, 5) is 10.4. The van der Waals surface area contributed by atoms with Crippen molar-refractivity contribution in [2.24, 2.45) is 5.73 Å². The molecule has 1 unspecified atom stereocenters. The number of carboxylic acids is 1. The van der Waals surface area contributed by atoms with E-state index in [2.05, 4.69) is 5.63 Å². The third-order valence-corrected chi connectivity index (χ3v) is 1.70. The Labute approximate surface area is 83.1 Å². The van der Waals surface area contributed by atoms with E-state index in [1.54, 1.807) is 6.92 Å². The van der Waals surface area contributed by atoms with Crippen LogP contribution in [-0.4, -0.2) is 30.3 Å². The van der Waals surface area contributed by atoms with E-state index >= 15 is 0 Å². The molecule has 0 aliphatic heterocycles. The van der Waals surface area contributed by atoms with E-state index in [1.807, 2.05) is 0 Å². The van der Waals surface area contributed by atoms with Crippen molar-refractivity contribution in [3.05, 3.63) is 11.6 Å². The molecule has 78 valence electrons. The van der Waals surface area contributed by atoms with Crippen molar-refractivity contribution < 1.29 is 19.2 Å².